The monoisotopic (exact) mass is 356 g/mol. The van der Waals surface area contributed by atoms with Gasteiger partial charge in [0, 0.05) is 31.8 Å². The van der Waals surface area contributed by atoms with Crippen LogP contribution in [-0.2, 0) is 6.54 Å². The quantitative estimate of drug-likeness (QED) is 0.630. The molecule has 2 aromatic carbocycles. The first-order chi connectivity index (χ1) is 12.5. The molecule has 0 atom stereocenters. The summed E-state index contributed by atoms with van der Waals surface area (Å²) in [5.41, 5.74) is 1.34. The lowest BCUT2D eigenvalue weighted by molar-refractivity contribution is -0.384. The van der Waals surface area contributed by atoms with Crippen molar-refractivity contribution in [2.75, 3.05) is 13.1 Å². The van der Waals surface area contributed by atoms with Crippen LogP contribution in [0.25, 0.3) is 0 Å². The minimum absolute atomic E-state index is 0.0516. The van der Waals surface area contributed by atoms with Gasteiger partial charge in [0.25, 0.3) is 5.69 Å². The van der Waals surface area contributed by atoms with Gasteiger partial charge in [-0.05, 0) is 42.7 Å². The minimum Gasteiger partial charge on any atom is -0.490 e. The number of piperidine rings is 1. The number of aromatic carboxylic acids is 1. The zero-order chi connectivity index (χ0) is 18.5. The highest BCUT2D eigenvalue weighted by Gasteiger charge is 2.21. The summed E-state index contributed by atoms with van der Waals surface area (Å²) >= 11 is 0. The summed E-state index contributed by atoms with van der Waals surface area (Å²) in [6.07, 6.45) is 1.80. The van der Waals surface area contributed by atoms with Crippen molar-refractivity contribution < 1.29 is 19.6 Å². The Morgan fingerprint density at radius 1 is 1.19 bits per heavy atom. The third-order valence-electron chi connectivity index (χ3n) is 4.47. The fourth-order valence-electron chi connectivity index (χ4n) is 3.09. The smallest absolute Gasteiger partial charge is 0.335 e. The van der Waals surface area contributed by atoms with Gasteiger partial charge in [0.2, 0.25) is 0 Å². The van der Waals surface area contributed by atoms with Crippen LogP contribution in [0.1, 0.15) is 28.8 Å². The molecule has 1 aliphatic heterocycles. The van der Waals surface area contributed by atoms with Gasteiger partial charge in [-0.3, -0.25) is 15.0 Å². The summed E-state index contributed by atoms with van der Waals surface area (Å²) in [6.45, 7) is 2.43. The highest BCUT2D eigenvalue weighted by molar-refractivity contribution is 5.87. The van der Waals surface area contributed by atoms with E-state index in [-0.39, 0.29) is 11.8 Å². The number of nitro benzene ring substituents is 1. The second kappa shape index (κ2) is 7.97. The second-order valence-corrected chi connectivity index (χ2v) is 6.35. The Labute approximate surface area is 151 Å². The van der Waals surface area contributed by atoms with Crippen LogP contribution in [0.5, 0.6) is 5.75 Å². The molecule has 1 fully saturated rings. The highest BCUT2D eigenvalue weighted by atomic mass is 16.6. The van der Waals surface area contributed by atoms with E-state index in [9.17, 15) is 14.9 Å². The van der Waals surface area contributed by atoms with Crippen molar-refractivity contribution in [3.63, 3.8) is 0 Å². The number of nitrogens with zero attached hydrogens (tertiary/aromatic N) is 2. The number of carboxylic acids is 1. The van der Waals surface area contributed by atoms with Gasteiger partial charge in [0.1, 0.15) is 11.9 Å². The van der Waals surface area contributed by atoms with Crippen LogP contribution in [-0.4, -0.2) is 40.1 Å². The van der Waals surface area contributed by atoms with E-state index >= 15 is 0 Å². The molecule has 0 amide bonds. The number of carbonyl (C=O) groups is 1. The van der Waals surface area contributed by atoms with Crippen molar-refractivity contribution in [1.82, 2.24) is 4.90 Å². The molecule has 1 N–H and O–H groups in total. The Morgan fingerprint density at radius 2 is 1.88 bits per heavy atom. The first kappa shape index (κ1) is 17.9. The molecule has 1 saturated heterocycles. The third kappa shape index (κ3) is 4.58. The van der Waals surface area contributed by atoms with Gasteiger partial charge in [-0.15, -0.1) is 0 Å². The fraction of sp³-hybridized carbons (Fsp3) is 0.316. The van der Waals surface area contributed by atoms with E-state index in [4.69, 9.17) is 9.84 Å². The second-order valence-electron chi connectivity index (χ2n) is 6.35. The molecular formula is C19H20N2O5. The van der Waals surface area contributed by atoms with E-state index in [1.807, 2.05) is 6.07 Å². The van der Waals surface area contributed by atoms with Gasteiger partial charge in [0.05, 0.1) is 10.5 Å². The molecule has 0 bridgehead atoms. The number of hydrogen-bond acceptors (Lipinski definition) is 5. The predicted molar refractivity (Wildman–Crippen MR) is 95.4 cm³/mol. The van der Waals surface area contributed by atoms with Gasteiger partial charge in [-0.2, -0.15) is 0 Å². The van der Waals surface area contributed by atoms with Crippen molar-refractivity contribution in [2.45, 2.75) is 25.5 Å². The van der Waals surface area contributed by atoms with Gasteiger partial charge >= 0.3 is 5.97 Å². The minimum atomic E-state index is -0.915. The van der Waals surface area contributed by atoms with E-state index in [2.05, 4.69) is 4.90 Å². The normalized spacial score (nSPS) is 15.5. The van der Waals surface area contributed by atoms with Gasteiger partial charge in [0.15, 0.2) is 0 Å². The summed E-state index contributed by atoms with van der Waals surface area (Å²) in [6, 6.07) is 13.1. The Bertz CT molecular complexity index is 783. The molecule has 1 heterocycles. The molecule has 0 radical (unpaired) electrons. The van der Waals surface area contributed by atoms with Gasteiger partial charge in [-0.25, -0.2) is 4.79 Å². The number of rotatable bonds is 6. The lowest BCUT2D eigenvalue weighted by Crippen LogP contribution is -2.37. The molecule has 0 aliphatic carbocycles. The van der Waals surface area contributed by atoms with Crippen LogP contribution in [0.3, 0.4) is 0 Å². The topological polar surface area (TPSA) is 92.9 Å². The Kier molecular flexibility index (Phi) is 5.48. The first-order valence-corrected chi connectivity index (χ1v) is 8.47. The van der Waals surface area contributed by atoms with Crippen molar-refractivity contribution in [1.29, 1.82) is 0 Å². The predicted octanol–water partition coefficient (Wildman–Crippen LogP) is 3.34. The van der Waals surface area contributed by atoms with Crippen molar-refractivity contribution >= 4 is 11.7 Å². The largest absolute Gasteiger partial charge is 0.490 e. The van der Waals surface area contributed by atoms with Crippen molar-refractivity contribution in [2.24, 2.45) is 0 Å². The van der Waals surface area contributed by atoms with Crippen LogP contribution in [0.4, 0.5) is 5.69 Å². The number of ether oxygens (including phenoxy) is 1. The Balaban J connectivity index is 1.50. The number of benzene rings is 2. The zero-order valence-corrected chi connectivity index (χ0v) is 14.2. The van der Waals surface area contributed by atoms with E-state index in [1.165, 1.54) is 12.1 Å². The molecule has 1 aliphatic rings. The van der Waals surface area contributed by atoms with E-state index in [0.29, 0.717) is 17.9 Å². The van der Waals surface area contributed by atoms with Gasteiger partial charge in [-0.1, -0.05) is 12.1 Å². The average molecular weight is 356 g/mol. The number of non-ortho nitro benzene ring substituents is 1. The SMILES string of the molecule is O=C(O)c1cccc(CN2CCC(Oc3ccc([N+](=O)[O-])cc3)CC2)c1. The molecule has 3 rings (SSSR count). The lowest BCUT2D eigenvalue weighted by Gasteiger charge is -2.32. The maximum Gasteiger partial charge on any atom is 0.335 e. The Morgan fingerprint density at radius 3 is 2.50 bits per heavy atom. The summed E-state index contributed by atoms with van der Waals surface area (Å²) in [5.74, 6) is -0.273. The van der Waals surface area contributed by atoms with E-state index in [0.717, 1.165) is 31.5 Å². The van der Waals surface area contributed by atoms with Crippen LogP contribution in [0, 0.1) is 10.1 Å². The van der Waals surface area contributed by atoms with Crippen molar-refractivity contribution in [3.8, 4) is 5.75 Å². The third-order valence-corrected chi connectivity index (χ3v) is 4.47. The highest BCUT2D eigenvalue weighted by Crippen LogP contribution is 2.22. The fourth-order valence-corrected chi connectivity index (χ4v) is 3.09. The van der Waals surface area contributed by atoms with Crippen molar-refractivity contribution in [3.05, 3.63) is 69.8 Å². The maximum atomic E-state index is 11.1. The molecule has 26 heavy (non-hydrogen) atoms. The van der Waals surface area contributed by atoms with Crippen LogP contribution < -0.4 is 4.74 Å². The van der Waals surface area contributed by atoms with Crippen LogP contribution >= 0.6 is 0 Å². The lowest BCUT2D eigenvalue weighted by atomic mass is 10.1. The molecule has 7 nitrogen and oxygen atoms in total. The maximum absolute atomic E-state index is 11.1. The summed E-state index contributed by atoms with van der Waals surface area (Å²) in [4.78, 5) is 23.6. The molecular weight excluding hydrogens is 336 g/mol. The van der Waals surface area contributed by atoms with Crippen LogP contribution in [0.2, 0.25) is 0 Å². The molecule has 2 aromatic rings. The average Bonchev–Trinajstić information content (AvgIpc) is 2.64. The summed E-state index contributed by atoms with van der Waals surface area (Å²) in [5, 5.41) is 19.7. The molecule has 7 heteroatoms. The van der Waals surface area contributed by atoms with E-state index < -0.39 is 10.9 Å². The molecule has 0 aromatic heterocycles. The number of carboxylic acid groups (broad SMARTS) is 1. The summed E-state index contributed by atoms with van der Waals surface area (Å²) in [7, 11) is 0. The first-order valence-electron chi connectivity index (χ1n) is 8.47. The number of hydrogen-bond donors (Lipinski definition) is 1. The molecule has 0 unspecified atom stereocenters. The molecule has 136 valence electrons. The molecule has 0 saturated carbocycles. The number of nitro groups is 1. The van der Waals surface area contributed by atoms with Crippen LogP contribution in [0.15, 0.2) is 48.5 Å². The van der Waals surface area contributed by atoms with Gasteiger partial charge < -0.3 is 9.84 Å². The number of likely N-dealkylation sites (tertiary alicyclic amines) is 1. The Hall–Kier alpha value is -2.93. The van der Waals surface area contributed by atoms with E-state index in [1.54, 1.807) is 30.3 Å². The molecule has 0 spiro atoms. The summed E-state index contributed by atoms with van der Waals surface area (Å²) < 4.78 is 5.91. The standard InChI is InChI=1S/C19H20N2O5/c22-19(23)15-3-1-2-14(12-15)13-20-10-8-18(9-11-20)26-17-6-4-16(5-7-17)21(24)25/h1-7,12,18H,8-11,13H2,(H,22,23). The zero-order valence-electron chi connectivity index (χ0n) is 14.2.